The van der Waals surface area contributed by atoms with Crippen molar-refractivity contribution < 1.29 is 14.6 Å². The van der Waals surface area contributed by atoms with Crippen molar-refractivity contribution in [2.24, 2.45) is 0 Å². The van der Waals surface area contributed by atoms with Crippen LogP contribution in [0.5, 0.6) is 5.75 Å². The van der Waals surface area contributed by atoms with Crippen LogP contribution in [0.25, 0.3) is 0 Å². The molecule has 1 N–H and O–H groups in total. The van der Waals surface area contributed by atoms with E-state index < -0.39 is 12.1 Å². The molecule has 1 unspecified atom stereocenters. The summed E-state index contributed by atoms with van der Waals surface area (Å²) >= 11 is 0. The molecule has 0 aliphatic rings. The van der Waals surface area contributed by atoms with Crippen LogP contribution >= 0.6 is 0 Å². The summed E-state index contributed by atoms with van der Waals surface area (Å²) in [6, 6.07) is 11.6. The summed E-state index contributed by atoms with van der Waals surface area (Å²) in [5, 5.41) is 9.45. The van der Waals surface area contributed by atoms with Gasteiger partial charge in [-0.15, -0.1) is 0 Å². The Morgan fingerprint density at radius 2 is 1.77 bits per heavy atom. The molecule has 0 amide bonds. The number of carboxylic acids is 1. The lowest BCUT2D eigenvalue weighted by Gasteiger charge is -2.18. The van der Waals surface area contributed by atoms with Gasteiger partial charge in [0.05, 0.1) is 0 Å². The summed E-state index contributed by atoms with van der Waals surface area (Å²) in [5.41, 5.74) is 5.55. The maximum absolute atomic E-state index is 11.5. The van der Waals surface area contributed by atoms with Gasteiger partial charge in [-0.05, 0) is 67.6 Å². The normalized spacial score (nSPS) is 12.0. The van der Waals surface area contributed by atoms with Crippen molar-refractivity contribution in [3.63, 3.8) is 0 Å². The topological polar surface area (TPSA) is 46.5 Å². The van der Waals surface area contributed by atoms with Crippen molar-refractivity contribution in [1.82, 2.24) is 0 Å². The van der Waals surface area contributed by atoms with E-state index in [1.807, 2.05) is 64.1 Å². The number of ether oxygens (including phenoxy) is 1. The summed E-state index contributed by atoms with van der Waals surface area (Å²) in [7, 11) is 0. The third kappa shape index (κ3) is 3.67. The SMILES string of the molecule is Cc1ccc(OC(Cc2cccc(C)c2C)C(=O)O)cc1C. The molecule has 22 heavy (non-hydrogen) atoms. The number of aliphatic carboxylic acids is 1. The van der Waals surface area contributed by atoms with Crippen LogP contribution < -0.4 is 4.74 Å². The van der Waals surface area contributed by atoms with Crippen molar-refractivity contribution in [3.8, 4) is 5.75 Å². The zero-order chi connectivity index (χ0) is 16.3. The maximum Gasteiger partial charge on any atom is 0.345 e. The van der Waals surface area contributed by atoms with Crippen molar-refractivity contribution in [2.45, 2.75) is 40.2 Å². The summed E-state index contributed by atoms with van der Waals surface area (Å²) < 4.78 is 5.71. The first-order valence-electron chi connectivity index (χ1n) is 7.40. The molecule has 0 saturated heterocycles. The fourth-order valence-corrected chi connectivity index (χ4v) is 2.36. The molecule has 0 aliphatic carbocycles. The highest BCUT2D eigenvalue weighted by molar-refractivity contribution is 5.73. The van der Waals surface area contributed by atoms with Crippen molar-refractivity contribution in [1.29, 1.82) is 0 Å². The Hall–Kier alpha value is -2.29. The van der Waals surface area contributed by atoms with E-state index in [-0.39, 0.29) is 0 Å². The van der Waals surface area contributed by atoms with Gasteiger partial charge in [0.1, 0.15) is 5.75 Å². The van der Waals surface area contributed by atoms with Gasteiger partial charge in [-0.25, -0.2) is 4.79 Å². The number of benzene rings is 2. The van der Waals surface area contributed by atoms with Gasteiger partial charge in [0.15, 0.2) is 6.10 Å². The number of rotatable bonds is 5. The third-order valence-corrected chi connectivity index (χ3v) is 4.15. The molecule has 0 bridgehead atoms. The second-order valence-corrected chi connectivity index (χ2v) is 5.75. The Bertz CT molecular complexity index is 689. The highest BCUT2D eigenvalue weighted by Gasteiger charge is 2.21. The summed E-state index contributed by atoms with van der Waals surface area (Å²) in [5.74, 6) is -0.347. The lowest BCUT2D eigenvalue weighted by molar-refractivity contribution is -0.145. The predicted molar refractivity (Wildman–Crippen MR) is 87.6 cm³/mol. The lowest BCUT2D eigenvalue weighted by Crippen LogP contribution is -2.29. The smallest absolute Gasteiger partial charge is 0.345 e. The Morgan fingerprint density at radius 1 is 1.05 bits per heavy atom. The van der Waals surface area contributed by atoms with Crippen LogP contribution in [0.2, 0.25) is 0 Å². The molecule has 1 atom stereocenters. The second kappa shape index (κ2) is 6.65. The number of carbonyl (C=O) groups is 1. The van der Waals surface area contributed by atoms with E-state index in [0.717, 1.165) is 27.8 Å². The van der Waals surface area contributed by atoms with Crippen LogP contribution in [0.1, 0.15) is 27.8 Å². The Morgan fingerprint density at radius 3 is 2.41 bits per heavy atom. The van der Waals surface area contributed by atoms with Crippen LogP contribution in [0.15, 0.2) is 36.4 Å². The van der Waals surface area contributed by atoms with Crippen LogP contribution in [0, 0.1) is 27.7 Å². The van der Waals surface area contributed by atoms with Gasteiger partial charge in [0.2, 0.25) is 0 Å². The molecule has 0 saturated carbocycles. The van der Waals surface area contributed by atoms with Crippen LogP contribution in [0.3, 0.4) is 0 Å². The highest BCUT2D eigenvalue weighted by Crippen LogP contribution is 2.21. The average Bonchev–Trinajstić information content (AvgIpc) is 2.46. The first kappa shape index (κ1) is 16.1. The standard InChI is InChI=1S/C19H22O3/c1-12-8-9-17(10-14(12)3)22-18(19(20)21)11-16-7-5-6-13(2)15(16)4/h5-10,18H,11H2,1-4H3,(H,20,21). The van der Waals surface area contributed by atoms with E-state index in [0.29, 0.717) is 12.2 Å². The fourth-order valence-electron chi connectivity index (χ4n) is 2.36. The number of carboxylic acid groups (broad SMARTS) is 1. The first-order chi connectivity index (χ1) is 10.4. The number of hydrogen-bond donors (Lipinski definition) is 1. The molecule has 2 rings (SSSR count). The minimum Gasteiger partial charge on any atom is -0.478 e. The highest BCUT2D eigenvalue weighted by atomic mass is 16.5. The molecule has 3 nitrogen and oxygen atoms in total. The van der Waals surface area contributed by atoms with Gasteiger partial charge in [0, 0.05) is 6.42 Å². The fraction of sp³-hybridized carbons (Fsp3) is 0.316. The van der Waals surface area contributed by atoms with Gasteiger partial charge in [-0.3, -0.25) is 0 Å². The Balaban J connectivity index is 2.21. The van der Waals surface area contributed by atoms with Gasteiger partial charge in [0.25, 0.3) is 0 Å². The molecular formula is C19H22O3. The third-order valence-electron chi connectivity index (χ3n) is 4.15. The van der Waals surface area contributed by atoms with E-state index in [1.165, 1.54) is 0 Å². The van der Waals surface area contributed by atoms with Gasteiger partial charge in [-0.2, -0.15) is 0 Å². The average molecular weight is 298 g/mol. The molecule has 0 aromatic heterocycles. The molecule has 2 aromatic rings. The maximum atomic E-state index is 11.5. The zero-order valence-electron chi connectivity index (χ0n) is 13.5. The minimum atomic E-state index is -0.945. The van der Waals surface area contributed by atoms with Crippen LogP contribution in [0.4, 0.5) is 0 Å². The molecule has 0 fully saturated rings. The minimum absolute atomic E-state index is 0.357. The molecular weight excluding hydrogens is 276 g/mol. The molecule has 3 heteroatoms. The number of aryl methyl sites for hydroxylation is 3. The molecule has 0 radical (unpaired) electrons. The Kier molecular flexibility index (Phi) is 4.86. The molecule has 2 aromatic carbocycles. The molecule has 0 aliphatic heterocycles. The zero-order valence-corrected chi connectivity index (χ0v) is 13.5. The summed E-state index contributed by atoms with van der Waals surface area (Å²) in [6.07, 6.45) is -0.530. The first-order valence-corrected chi connectivity index (χ1v) is 7.40. The van der Waals surface area contributed by atoms with E-state index in [2.05, 4.69) is 0 Å². The van der Waals surface area contributed by atoms with Crippen molar-refractivity contribution >= 4 is 5.97 Å². The van der Waals surface area contributed by atoms with Crippen molar-refractivity contribution in [2.75, 3.05) is 0 Å². The second-order valence-electron chi connectivity index (χ2n) is 5.75. The van der Waals surface area contributed by atoms with Crippen LogP contribution in [-0.2, 0) is 11.2 Å². The van der Waals surface area contributed by atoms with Gasteiger partial charge >= 0.3 is 5.97 Å². The van der Waals surface area contributed by atoms with Crippen LogP contribution in [-0.4, -0.2) is 17.2 Å². The lowest BCUT2D eigenvalue weighted by atomic mass is 9.98. The monoisotopic (exact) mass is 298 g/mol. The molecule has 0 spiro atoms. The van der Waals surface area contributed by atoms with Gasteiger partial charge < -0.3 is 9.84 Å². The quantitative estimate of drug-likeness (QED) is 0.907. The van der Waals surface area contributed by atoms with E-state index in [1.54, 1.807) is 0 Å². The van der Waals surface area contributed by atoms with Gasteiger partial charge in [-0.1, -0.05) is 24.3 Å². The summed E-state index contributed by atoms with van der Waals surface area (Å²) in [4.78, 5) is 11.5. The van der Waals surface area contributed by atoms with Crippen molar-refractivity contribution in [3.05, 3.63) is 64.2 Å². The molecule has 0 heterocycles. The Labute approximate surface area is 131 Å². The molecule has 116 valence electrons. The van der Waals surface area contributed by atoms with E-state index in [4.69, 9.17) is 4.74 Å². The summed E-state index contributed by atoms with van der Waals surface area (Å²) in [6.45, 7) is 8.05. The van der Waals surface area contributed by atoms with E-state index >= 15 is 0 Å². The van der Waals surface area contributed by atoms with E-state index in [9.17, 15) is 9.90 Å². The largest absolute Gasteiger partial charge is 0.478 e. The number of hydrogen-bond acceptors (Lipinski definition) is 2. The predicted octanol–water partition coefficient (Wildman–Crippen LogP) is 3.99.